The lowest BCUT2D eigenvalue weighted by Crippen LogP contribution is -2.57. The molecule has 1 aromatic rings. The normalized spacial score (nSPS) is 19.8. The van der Waals surface area contributed by atoms with Crippen molar-refractivity contribution in [3.05, 3.63) is 11.6 Å². The zero-order valence-electron chi connectivity index (χ0n) is 10.0. The Morgan fingerprint density at radius 2 is 2.33 bits per heavy atom. The van der Waals surface area contributed by atoms with E-state index in [1.165, 1.54) is 4.90 Å². The van der Waals surface area contributed by atoms with Crippen molar-refractivity contribution in [1.82, 2.24) is 25.4 Å². The summed E-state index contributed by atoms with van der Waals surface area (Å²) in [7, 11) is 0. The van der Waals surface area contributed by atoms with E-state index < -0.39 is 17.9 Å². The minimum Gasteiger partial charge on any atom is -0.480 e. The lowest BCUT2D eigenvalue weighted by molar-refractivity contribution is -0.142. The highest BCUT2D eigenvalue weighted by Crippen LogP contribution is 2.08. The largest absolute Gasteiger partial charge is 0.480 e. The summed E-state index contributed by atoms with van der Waals surface area (Å²) >= 11 is 0. The summed E-state index contributed by atoms with van der Waals surface area (Å²) in [5.74, 6) is -0.831. The van der Waals surface area contributed by atoms with Crippen LogP contribution in [0.15, 0.2) is 0 Å². The molecule has 3 N–H and O–H groups in total. The van der Waals surface area contributed by atoms with E-state index in [0.717, 1.165) is 0 Å². The Kier molecular flexibility index (Phi) is 3.56. The fourth-order valence-electron chi connectivity index (χ4n) is 1.85. The Balaban J connectivity index is 2.17. The van der Waals surface area contributed by atoms with E-state index in [4.69, 9.17) is 5.11 Å². The number of nitrogens with one attached hydrogen (secondary N) is 2. The minimum atomic E-state index is -1.03. The van der Waals surface area contributed by atoms with Crippen molar-refractivity contribution in [2.75, 3.05) is 19.6 Å². The highest BCUT2D eigenvalue weighted by Gasteiger charge is 2.33. The molecule has 2 heterocycles. The van der Waals surface area contributed by atoms with Gasteiger partial charge in [-0.2, -0.15) is 0 Å². The van der Waals surface area contributed by atoms with Crippen LogP contribution in [-0.4, -0.2) is 62.7 Å². The number of aryl methyl sites for hydroxylation is 1. The average Bonchev–Trinajstić information content (AvgIpc) is 2.86. The Morgan fingerprint density at radius 1 is 1.56 bits per heavy atom. The predicted molar refractivity (Wildman–Crippen MR) is 61.1 cm³/mol. The molecule has 0 aromatic carbocycles. The van der Waals surface area contributed by atoms with Gasteiger partial charge in [-0.15, -0.1) is 5.10 Å². The summed E-state index contributed by atoms with van der Waals surface area (Å²) in [6, 6.07) is -0.866. The summed E-state index contributed by atoms with van der Waals surface area (Å²) in [4.78, 5) is 28.5. The molecule has 18 heavy (non-hydrogen) atoms. The van der Waals surface area contributed by atoms with Crippen LogP contribution in [0.2, 0.25) is 0 Å². The van der Waals surface area contributed by atoms with Crippen molar-refractivity contribution in [3.8, 4) is 0 Å². The van der Waals surface area contributed by atoms with E-state index in [9.17, 15) is 9.59 Å². The number of hydrogen-bond acceptors (Lipinski definition) is 5. The van der Waals surface area contributed by atoms with Crippen LogP contribution in [0.5, 0.6) is 0 Å². The molecular weight excluding hydrogens is 238 g/mol. The first-order valence-corrected chi connectivity index (χ1v) is 5.79. The molecule has 0 spiro atoms. The third-order valence-corrected chi connectivity index (χ3v) is 2.85. The fourth-order valence-corrected chi connectivity index (χ4v) is 1.85. The van der Waals surface area contributed by atoms with Crippen molar-refractivity contribution in [1.29, 1.82) is 0 Å². The monoisotopic (exact) mass is 253 g/mol. The first-order valence-electron chi connectivity index (χ1n) is 5.79. The number of rotatable bonds is 3. The van der Waals surface area contributed by atoms with Crippen LogP contribution in [0.25, 0.3) is 0 Å². The molecule has 0 radical (unpaired) electrons. The SMILES string of the molecule is CCc1nc(C(=O)N2CCNCC2C(=O)O)n[nH]1. The van der Waals surface area contributed by atoms with Gasteiger partial charge >= 0.3 is 5.97 Å². The molecule has 8 heteroatoms. The molecule has 1 saturated heterocycles. The molecule has 8 nitrogen and oxygen atoms in total. The highest BCUT2D eigenvalue weighted by atomic mass is 16.4. The van der Waals surface area contributed by atoms with Gasteiger partial charge in [0.2, 0.25) is 5.82 Å². The fraction of sp³-hybridized carbons (Fsp3) is 0.600. The molecule has 0 saturated carbocycles. The minimum absolute atomic E-state index is 0.0278. The highest BCUT2D eigenvalue weighted by molar-refractivity contribution is 5.93. The number of amides is 1. The zero-order chi connectivity index (χ0) is 13.1. The number of carboxylic acid groups (broad SMARTS) is 1. The molecule has 2 rings (SSSR count). The van der Waals surface area contributed by atoms with Crippen LogP contribution in [0, 0.1) is 0 Å². The van der Waals surface area contributed by atoms with E-state index in [-0.39, 0.29) is 12.4 Å². The first-order chi connectivity index (χ1) is 8.63. The van der Waals surface area contributed by atoms with Crippen molar-refractivity contribution >= 4 is 11.9 Å². The third-order valence-electron chi connectivity index (χ3n) is 2.85. The molecule has 1 atom stereocenters. The molecule has 1 aliphatic heterocycles. The van der Waals surface area contributed by atoms with Crippen molar-refractivity contribution in [2.24, 2.45) is 0 Å². The Hall–Kier alpha value is -1.96. The van der Waals surface area contributed by atoms with E-state index in [0.29, 0.717) is 25.3 Å². The second-order valence-electron chi connectivity index (χ2n) is 4.02. The van der Waals surface area contributed by atoms with E-state index in [1.54, 1.807) is 0 Å². The van der Waals surface area contributed by atoms with Gasteiger partial charge in [0.05, 0.1) is 0 Å². The van der Waals surface area contributed by atoms with Gasteiger partial charge in [-0.1, -0.05) is 6.92 Å². The first kappa shape index (κ1) is 12.5. The number of carbonyl (C=O) groups excluding carboxylic acids is 1. The molecule has 1 aliphatic rings. The maximum atomic E-state index is 12.1. The van der Waals surface area contributed by atoms with Crippen molar-refractivity contribution in [3.63, 3.8) is 0 Å². The number of aromatic nitrogens is 3. The zero-order valence-corrected chi connectivity index (χ0v) is 10.0. The third kappa shape index (κ3) is 2.33. The van der Waals surface area contributed by atoms with Gasteiger partial charge in [-0.3, -0.25) is 9.89 Å². The topological polar surface area (TPSA) is 111 Å². The van der Waals surface area contributed by atoms with Crippen LogP contribution >= 0.6 is 0 Å². The van der Waals surface area contributed by atoms with Gasteiger partial charge in [0.25, 0.3) is 5.91 Å². The number of nitrogens with zero attached hydrogens (tertiary/aromatic N) is 3. The van der Waals surface area contributed by atoms with Gasteiger partial charge in [0.1, 0.15) is 11.9 Å². The van der Waals surface area contributed by atoms with Crippen molar-refractivity contribution < 1.29 is 14.7 Å². The average molecular weight is 253 g/mol. The quantitative estimate of drug-likeness (QED) is 0.628. The van der Waals surface area contributed by atoms with Gasteiger partial charge < -0.3 is 15.3 Å². The standard InChI is InChI=1S/C10H15N5O3/c1-2-7-12-8(14-13-7)9(16)15-4-3-11-5-6(15)10(17)18/h6,11H,2-5H2,1H3,(H,17,18)(H,12,13,14). The lowest BCUT2D eigenvalue weighted by Gasteiger charge is -2.32. The smallest absolute Gasteiger partial charge is 0.327 e. The molecule has 98 valence electrons. The molecular formula is C10H15N5O3. The number of carboxylic acids is 1. The summed E-state index contributed by atoms with van der Waals surface area (Å²) in [5.41, 5.74) is 0. The maximum absolute atomic E-state index is 12.1. The molecule has 1 fully saturated rings. The number of aliphatic carboxylic acids is 1. The maximum Gasteiger partial charge on any atom is 0.327 e. The van der Waals surface area contributed by atoms with Gasteiger partial charge in [0, 0.05) is 26.1 Å². The molecule has 0 aliphatic carbocycles. The van der Waals surface area contributed by atoms with Gasteiger partial charge in [-0.05, 0) is 0 Å². The summed E-state index contributed by atoms with van der Waals surface area (Å²) in [6.45, 7) is 3.04. The van der Waals surface area contributed by atoms with Gasteiger partial charge in [0.15, 0.2) is 0 Å². The molecule has 0 bridgehead atoms. The predicted octanol–water partition coefficient (Wildman–Crippen LogP) is -1.13. The van der Waals surface area contributed by atoms with Crippen LogP contribution in [0.3, 0.4) is 0 Å². The van der Waals surface area contributed by atoms with E-state index >= 15 is 0 Å². The molecule has 1 amide bonds. The summed E-state index contributed by atoms with van der Waals surface area (Å²) in [5, 5.41) is 18.5. The number of hydrogen-bond donors (Lipinski definition) is 3. The van der Waals surface area contributed by atoms with Crippen molar-refractivity contribution in [2.45, 2.75) is 19.4 Å². The van der Waals surface area contributed by atoms with E-state index in [2.05, 4.69) is 20.5 Å². The number of carbonyl (C=O) groups is 2. The summed E-state index contributed by atoms with van der Waals surface area (Å²) in [6.07, 6.45) is 0.643. The number of piperazine rings is 1. The number of H-pyrrole nitrogens is 1. The van der Waals surface area contributed by atoms with Gasteiger partial charge in [-0.25, -0.2) is 9.78 Å². The molecule has 1 aromatic heterocycles. The van der Waals surface area contributed by atoms with Crippen LogP contribution in [-0.2, 0) is 11.2 Å². The Morgan fingerprint density at radius 3 is 2.94 bits per heavy atom. The van der Waals surface area contributed by atoms with Crippen LogP contribution in [0.4, 0.5) is 0 Å². The van der Waals surface area contributed by atoms with E-state index in [1.807, 2.05) is 6.92 Å². The second-order valence-corrected chi connectivity index (χ2v) is 4.02. The lowest BCUT2D eigenvalue weighted by atomic mass is 10.2. The van der Waals surface area contributed by atoms with Crippen LogP contribution < -0.4 is 5.32 Å². The number of aromatic amines is 1. The Labute approximate surface area is 103 Å². The second kappa shape index (κ2) is 5.13. The summed E-state index contributed by atoms with van der Waals surface area (Å²) < 4.78 is 0. The molecule has 1 unspecified atom stereocenters. The Bertz CT molecular complexity index is 458. The van der Waals surface area contributed by atoms with Crippen LogP contribution in [0.1, 0.15) is 23.4 Å².